The summed E-state index contributed by atoms with van der Waals surface area (Å²) in [6.45, 7) is 6.41. The Hall–Kier alpha value is -2.15. The summed E-state index contributed by atoms with van der Waals surface area (Å²) in [6.07, 6.45) is 3.48. The van der Waals surface area contributed by atoms with Crippen molar-refractivity contribution in [2.75, 3.05) is 11.1 Å². The molecule has 6 nitrogen and oxygen atoms in total. The van der Waals surface area contributed by atoms with Gasteiger partial charge in [0.2, 0.25) is 0 Å². The molecule has 2 aromatic heterocycles. The number of thiazole rings is 1. The number of carbonyl (C=O) groups is 1. The normalized spacial score (nSPS) is 10.7. The van der Waals surface area contributed by atoms with Crippen LogP contribution in [0.2, 0.25) is 0 Å². The minimum Gasteiger partial charge on any atom is -0.382 e. The summed E-state index contributed by atoms with van der Waals surface area (Å²) >= 11 is 1.26. The maximum atomic E-state index is 12.2. The first-order chi connectivity index (χ1) is 9.97. The molecule has 2 aromatic rings. The maximum absolute atomic E-state index is 12.2. The molecule has 0 bridgehead atoms. The number of amides is 1. The van der Waals surface area contributed by atoms with Crippen LogP contribution in [0.4, 0.5) is 10.9 Å². The molecule has 0 atom stereocenters. The highest BCUT2D eigenvalue weighted by Gasteiger charge is 2.16. The Balaban J connectivity index is 2.04. The highest BCUT2D eigenvalue weighted by atomic mass is 32.1. The van der Waals surface area contributed by atoms with Crippen molar-refractivity contribution in [2.24, 2.45) is 0 Å². The van der Waals surface area contributed by atoms with E-state index >= 15 is 0 Å². The van der Waals surface area contributed by atoms with E-state index in [0.717, 1.165) is 11.1 Å². The average Bonchev–Trinajstić information content (AvgIpc) is 2.77. The van der Waals surface area contributed by atoms with Gasteiger partial charge in [0.05, 0.1) is 0 Å². The molecule has 0 unspecified atom stereocenters. The number of hydrogen-bond acceptors (Lipinski definition) is 6. The van der Waals surface area contributed by atoms with Crippen molar-refractivity contribution in [1.82, 2.24) is 15.3 Å². The van der Waals surface area contributed by atoms with Crippen LogP contribution in [-0.2, 0) is 6.54 Å². The van der Waals surface area contributed by atoms with Crippen LogP contribution >= 0.6 is 11.3 Å². The number of anilines is 2. The van der Waals surface area contributed by atoms with E-state index in [1.54, 1.807) is 12.4 Å². The molecular formula is C14H19N5OS. The van der Waals surface area contributed by atoms with Gasteiger partial charge in [0, 0.05) is 25.0 Å². The van der Waals surface area contributed by atoms with Crippen molar-refractivity contribution in [3.63, 3.8) is 0 Å². The van der Waals surface area contributed by atoms with Gasteiger partial charge in [-0.3, -0.25) is 9.78 Å². The number of carbonyl (C=O) groups excluding carboxylic acids is 1. The average molecular weight is 305 g/mol. The van der Waals surface area contributed by atoms with Crippen molar-refractivity contribution in [2.45, 2.75) is 33.4 Å². The quantitative estimate of drug-likeness (QED) is 0.787. The summed E-state index contributed by atoms with van der Waals surface area (Å²) < 4.78 is 0. The lowest BCUT2D eigenvalue weighted by Crippen LogP contribution is -2.23. The molecule has 0 aliphatic heterocycles. The van der Waals surface area contributed by atoms with E-state index in [4.69, 9.17) is 5.73 Å². The zero-order valence-corrected chi connectivity index (χ0v) is 13.1. The van der Waals surface area contributed by atoms with Gasteiger partial charge >= 0.3 is 0 Å². The molecule has 0 aromatic carbocycles. The first kappa shape index (κ1) is 15.2. The second kappa shape index (κ2) is 6.53. The third-order valence-corrected chi connectivity index (χ3v) is 3.86. The first-order valence-corrected chi connectivity index (χ1v) is 7.49. The zero-order valence-electron chi connectivity index (χ0n) is 12.3. The second-order valence-electron chi connectivity index (χ2n) is 5.02. The van der Waals surface area contributed by atoms with E-state index in [2.05, 4.69) is 20.6 Å². The Morgan fingerprint density at radius 1 is 1.48 bits per heavy atom. The summed E-state index contributed by atoms with van der Waals surface area (Å²) in [7, 11) is 0. The lowest BCUT2D eigenvalue weighted by molar-refractivity contribution is 0.0955. The smallest absolute Gasteiger partial charge is 0.265 e. The molecule has 0 radical (unpaired) electrons. The molecule has 2 heterocycles. The Morgan fingerprint density at radius 3 is 2.90 bits per heavy atom. The molecule has 0 aliphatic carbocycles. The van der Waals surface area contributed by atoms with Gasteiger partial charge in [0.1, 0.15) is 10.7 Å². The summed E-state index contributed by atoms with van der Waals surface area (Å²) in [4.78, 5) is 20.8. The Morgan fingerprint density at radius 2 is 2.24 bits per heavy atom. The van der Waals surface area contributed by atoms with E-state index in [1.165, 1.54) is 11.3 Å². The van der Waals surface area contributed by atoms with Crippen LogP contribution in [0.15, 0.2) is 18.5 Å². The highest BCUT2D eigenvalue weighted by molar-refractivity contribution is 7.18. The van der Waals surface area contributed by atoms with Crippen LogP contribution in [0.25, 0.3) is 0 Å². The van der Waals surface area contributed by atoms with Crippen molar-refractivity contribution in [3.8, 4) is 0 Å². The SMILES string of the molecule is Cc1ccncc1CNC(=O)c1sc(NC(C)C)nc1N. The van der Waals surface area contributed by atoms with Crippen LogP contribution in [0.1, 0.15) is 34.6 Å². The van der Waals surface area contributed by atoms with Gasteiger partial charge in [-0.15, -0.1) is 0 Å². The number of pyridine rings is 1. The minimum atomic E-state index is -0.218. The highest BCUT2D eigenvalue weighted by Crippen LogP contribution is 2.25. The maximum Gasteiger partial charge on any atom is 0.265 e. The number of nitrogen functional groups attached to an aromatic ring is 1. The standard InChI is InChI=1S/C14H19N5OS/c1-8(2)18-14-19-12(15)11(21-14)13(20)17-7-10-6-16-5-4-9(10)3/h4-6,8H,7,15H2,1-3H3,(H,17,20)(H,18,19). The van der Waals surface area contributed by atoms with Crippen molar-refractivity contribution in [1.29, 1.82) is 0 Å². The van der Waals surface area contributed by atoms with Gasteiger partial charge in [-0.1, -0.05) is 11.3 Å². The van der Waals surface area contributed by atoms with E-state index < -0.39 is 0 Å². The molecule has 112 valence electrons. The predicted octanol–water partition coefficient (Wildman–Crippen LogP) is 2.18. The van der Waals surface area contributed by atoms with Crippen LogP contribution in [-0.4, -0.2) is 21.9 Å². The van der Waals surface area contributed by atoms with Gasteiger partial charge in [-0.05, 0) is 38.0 Å². The van der Waals surface area contributed by atoms with Crippen LogP contribution in [0, 0.1) is 6.92 Å². The van der Waals surface area contributed by atoms with Crippen LogP contribution in [0.5, 0.6) is 0 Å². The fourth-order valence-corrected chi connectivity index (χ4v) is 2.69. The lowest BCUT2D eigenvalue weighted by Gasteiger charge is -2.06. The Labute approximate surface area is 127 Å². The molecular weight excluding hydrogens is 286 g/mol. The number of nitrogens with zero attached hydrogens (tertiary/aromatic N) is 2. The largest absolute Gasteiger partial charge is 0.382 e. The lowest BCUT2D eigenvalue weighted by atomic mass is 10.1. The molecule has 0 fully saturated rings. The molecule has 4 N–H and O–H groups in total. The zero-order chi connectivity index (χ0) is 15.4. The van der Waals surface area contributed by atoms with Gasteiger partial charge in [-0.25, -0.2) is 4.98 Å². The molecule has 0 aliphatic rings. The summed E-state index contributed by atoms with van der Waals surface area (Å²) in [6, 6.07) is 2.15. The molecule has 0 saturated carbocycles. The number of aryl methyl sites for hydroxylation is 1. The number of nitrogens with one attached hydrogen (secondary N) is 2. The van der Waals surface area contributed by atoms with Gasteiger partial charge in [-0.2, -0.15) is 0 Å². The van der Waals surface area contributed by atoms with Gasteiger partial charge in [0.25, 0.3) is 5.91 Å². The van der Waals surface area contributed by atoms with Crippen molar-refractivity contribution >= 4 is 28.2 Å². The Bertz CT molecular complexity index is 638. The predicted molar refractivity (Wildman–Crippen MR) is 85.4 cm³/mol. The van der Waals surface area contributed by atoms with E-state index in [-0.39, 0.29) is 17.8 Å². The molecule has 2 rings (SSSR count). The van der Waals surface area contributed by atoms with Crippen molar-refractivity contribution < 1.29 is 4.79 Å². The monoisotopic (exact) mass is 305 g/mol. The third kappa shape index (κ3) is 3.91. The molecule has 21 heavy (non-hydrogen) atoms. The van der Waals surface area contributed by atoms with Crippen LogP contribution in [0.3, 0.4) is 0 Å². The minimum absolute atomic E-state index is 0.218. The van der Waals surface area contributed by atoms with Gasteiger partial charge in [0.15, 0.2) is 5.13 Å². The van der Waals surface area contributed by atoms with Crippen LogP contribution < -0.4 is 16.4 Å². The fourth-order valence-electron chi connectivity index (χ4n) is 1.74. The topological polar surface area (TPSA) is 92.9 Å². The fraction of sp³-hybridized carbons (Fsp3) is 0.357. The number of rotatable bonds is 5. The summed E-state index contributed by atoms with van der Waals surface area (Å²) in [5, 5.41) is 6.65. The second-order valence-corrected chi connectivity index (χ2v) is 6.02. The molecule has 0 saturated heterocycles. The molecule has 0 spiro atoms. The number of hydrogen-bond donors (Lipinski definition) is 3. The molecule has 1 amide bonds. The summed E-state index contributed by atoms with van der Waals surface area (Å²) in [5.74, 6) is 0.0358. The van der Waals surface area contributed by atoms with E-state index in [1.807, 2.05) is 26.8 Å². The van der Waals surface area contributed by atoms with E-state index in [9.17, 15) is 4.79 Å². The van der Waals surface area contributed by atoms with E-state index in [0.29, 0.717) is 16.6 Å². The third-order valence-electron chi connectivity index (χ3n) is 2.86. The molecule has 7 heteroatoms. The van der Waals surface area contributed by atoms with Crippen molar-refractivity contribution in [3.05, 3.63) is 34.5 Å². The summed E-state index contributed by atoms with van der Waals surface area (Å²) in [5.41, 5.74) is 7.87. The number of aromatic nitrogens is 2. The Kier molecular flexibility index (Phi) is 4.74. The first-order valence-electron chi connectivity index (χ1n) is 6.68. The number of nitrogens with two attached hydrogens (primary N) is 1. The van der Waals surface area contributed by atoms with Gasteiger partial charge < -0.3 is 16.4 Å².